The van der Waals surface area contributed by atoms with Crippen LogP contribution in [0.15, 0.2) is 42.5 Å². The van der Waals surface area contributed by atoms with E-state index in [-0.39, 0.29) is 0 Å². The van der Waals surface area contributed by atoms with E-state index in [1.54, 1.807) is 7.11 Å². The number of unbranched alkanes of at least 4 members (excludes halogenated alkanes) is 3. The van der Waals surface area contributed by atoms with Crippen molar-refractivity contribution in [2.75, 3.05) is 25.5 Å². The third-order valence-electron chi connectivity index (χ3n) is 4.64. The molecule has 0 saturated heterocycles. The predicted octanol–water partition coefficient (Wildman–Crippen LogP) is 5.39. The molecule has 3 aromatic rings. The van der Waals surface area contributed by atoms with E-state index < -0.39 is 0 Å². The average molecular weight is 411 g/mol. The Morgan fingerprint density at radius 1 is 1.00 bits per heavy atom. The summed E-state index contributed by atoms with van der Waals surface area (Å²) in [6, 6.07) is 13.5. The maximum Gasteiger partial charge on any atom is 0.154 e. The molecular weight excluding hydrogens is 384 g/mol. The Kier molecular flexibility index (Phi) is 7.85. The summed E-state index contributed by atoms with van der Waals surface area (Å²) in [6.07, 6.45) is 8.36. The standard InChI is InChI=1S/C23H27ClN4O/c1-29-19-11-12-21-20(16-19)23(26-15-5-3-2-4-14-25)28-22(27-21)13-8-17-6-9-18(24)10-7-17/h6-13,16H,2-5,14-15,25H2,1H3,(H,26,27,28). The molecule has 1 aromatic heterocycles. The summed E-state index contributed by atoms with van der Waals surface area (Å²) in [5, 5.41) is 5.14. The van der Waals surface area contributed by atoms with E-state index in [2.05, 4.69) is 10.3 Å². The average Bonchev–Trinajstić information content (AvgIpc) is 2.75. The Labute approximate surface area is 177 Å². The lowest BCUT2D eigenvalue weighted by molar-refractivity contribution is 0.415. The first-order valence-corrected chi connectivity index (χ1v) is 10.3. The summed E-state index contributed by atoms with van der Waals surface area (Å²) < 4.78 is 5.37. The van der Waals surface area contributed by atoms with Crippen LogP contribution in [0.2, 0.25) is 5.02 Å². The molecule has 6 heteroatoms. The molecule has 0 radical (unpaired) electrons. The van der Waals surface area contributed by atoms with Crippen LogP contribution >= 0.6 is 11.6 Å². The highest BCUT2D eigenvalue weighted by Gasteiger charge is 2.08. The molecule has 2 aromatic carbocycles. The van der Waals surface area contributed by atoms with Gasteiger partial charge in [-0.25, -0.2) is 9.97 Å². The molecule has 0 aliphatic carbocycles. The van der Waals surface area contributed by atoms with Crippen molar-refractivity contribution in [1.82, 2.24) is 9.97 Å². The number of halogens is 1. The van der Waals surface area contributed by atoms with Gasteiger partial charge in [0, 0.05) is 17.0 Å². The van der Waals surface area contributed by atoms with Gasteiger partial charge in [0.25, 0.3) is 0 Å². The number of aromatic nitrogens is 2. The zero-order valence-electron chi connectivity index (χ0n) is 16.7. The Hall–Kier alpha value is -2.63. The molecule has 0 aliphatic rings. The van der Waals surface area contributed by atoms with E-state index in [1.165, 1.54) is 0 Å². The quantitative estimate of drug-likeness (QED) is 0.438. The molecule has 3 rings (SSSR count). The van der Waals surface area contributed by atoms with Gasteiger partial charge in [-0.05, 0) is 61.4 Å². The molecule has 0 bridgehead atoms. The summed E-state index contributed by atoms with van der Waals surface area (Å²) in [5.74, 6) is 2.27. The number of nitrogens with two attached hydrogens (primary N) is 1. The number of nitrogens with zero attached hydrogens (tertiary/aromatic N) is 2. The fourth-order valence-corrected chi connectivity index (χ4v) is 3.16. The summed E-state index contributed by atoms with van der Waals surface area (Å²) in [7, 11) is 1.66. The lowest BCUT2D eigenvalue weighted by atomic mass is 10.2. The molecule has 0 fully saturated rings. The predicted molar refractivity (Wildman–Crippen MR) is 122 cm³/mol. The number of fused-ring (bicyclic) bond motifs is 1. The maximum atomic E-state index is 5.95. The minimum Gasteiger partial charge on any atom is -0.497 e. The molecule has 3 N–H and O–H groups in total. The van der Waals surface area contributed by atoms with Crippen LogP contribution in [0.3, 0.4) is 0 Å². The third kappa shape index (κ3) is 6.17. The SMILES string of the molecule is COc1ccc2nc(C=Cc3ccc(Cl)cc3)nc(NCCCCCCN)c2c1. The minimum absolute atomic E-state index is 0.656. The molecule has 0 amide bonds. The highest BCUT2D eigenvalue weighted by Crippen LogP contribution is 2.26. The number of ether oxygens (including phenoxy) is 1. The molecule has 1 heterocycles. The maximum absolute atomic E-state index is 5.95. The van der Waals surface area contributed by atoms with Gasteiger partial charge in [0.05, 0.1) is 12.6 Å². The minimum atomic E-state index is 0.656. The van der Waals surface area contributed by atoms with Crippen molar-refractivity contribution in [3.8, 4) is 5.75 Å². The van der Waals surface area contributed by atoms with Gasteiger partial charge < -0.3 is 15.8 Å². The Bertz CT molecular complexity index is 957. The fourth-order valence-electron chi connectivity index (χ4n) is 3.04. The van der Waals surface area contributed by atoms with Gasteiger partial charge in [-0.2, -0.15) is 0 Å². The van der Waals surface area contributed by atoms with Crippen LogP contribution in [0.25, 0.3) is 23.1 Å². The van der Waals surface area contributed by atoms with Gasteiger partial charge in [-0.1, -0.05) is 42.7 Å². The van der Waals surface area contributed by atoms with Crippen molar-refractivity contribution in [2.45, 2.75) is 25.7 Å². The van der Waals surface area contributed by atoms with Crippen molar-refractivity contribution >= 4 is 40.5 Å². The van der Waals surface area contributed by atoms with Crippen LogP contribution in [-0.2, 0) is 0 Å². The number of benzene rings is 2. The smallest absolute Gasteiger partial charge is 0.154 e. The third-order valence-corrected chi connectivity index (χ3v) is 4.89. The van der Waals surface area contributed by atoms with Crippen molar-refractivity contribution < 1.29 is 4.74 Å². The molecule has 0 aliphatic heterocycles. The number of hydrogen-bond donors (Lipinski definition) is 2. The van der Waals surface area contributed by atoms with Crippen LogP contribution in [0.4, 0.5) is 5.82 Å². The van der Waals surface area contributed by atoms with Gasteiger partial charge in [0.1, 0.15) is 11.6 Å². The fraction of sp³-hybridized carbons (Fsp3) is 0.304. The van der Waals surface area contributed by atoms with Gasteiger partial charge >= 0.3 is 0 Å². The van der Waals surface area contributed by atoms with Crippen molar-refractivity contribution in [2.24, 2.45) is 5.73 Å². The first-order valence-electron chi connectivity index (χ1n) is 9.93. The van der Waals surface area contributed by atoms with E-state index in [0.29, 0.717) is 5.82 Å². The molecule has 5 nitrogen and oxygen atoms in total. The summed E-state index contributed by atoms with van der Waals surface area (Å²) in [6.45, 7) is 1.61. The molecule has 0 unspecified atom stereocenters. The van der Waals surface area contributed by atoms with Crippen LogP contribution in [0.5, 0.6) is 5.75 Å². The summed E-state index contributed by atoms with van der Waals surface area (Å²) in [4.78, 5) is 9.41. The summed E-state index contributed by atoms with van der Waals surface area (Å²) >= 11 is 5.95. The van der Waals surface area contributed by atoms with Crippen LogP contribution in [0, 0.1) is 0 Å². The zero-order chi connectivity index (χ0) is 20.5. The van der Waals surface area contributed by atoms with Crippen molar-refractivity contribution in [3.05, 3.63) is 58.9 Å². The highest BCUT2D eigenvalue weighted by molar-refractivity contribution is 6.30. The van der Waals surface area contributed by atoms with Gasteiger partial charge in [0.2, 0.25) is 0 Å². The van der Waals surface area contributed by atoms with E-state index >= 15 is 0 Å². The topological polar surface area (TPSA) is 73.1 Å². The lowest BCUT2D eigenvalue weighted by Crippen LogP contribution is -2.06. The molecule has 0 saturated carbocycles. The second kappa shape index (κ2) is 10.8. The zero-order valence-corrected chi connectivity index (χ0v) is 17.5. The molecular formula is C23H27ClN4O. The number of hydrogen-bond acceptors (Lipinski definition) is 5. The van der Waals surface area contributed by atoms with E-state index in [4.69, 9.17) is 27.1 Å². The number of nitrogens with one attached hydrogen (secondary N) is 1. The molecule has 0 atom stereocenters. The van der Waals surface area contributed by atoms with Gasteiger partial charge in [-0.15, -0.1) is 0 Å². The van der Waals surface area contributed by atoms with Gasteiger partial charge in [-0.3, -0.25) is 0 Å². The molecule has 0 spiro atoms. The monoisotopic (exact) mass is 410 g/mol. The number of methoxy groups -OCH3 is 1. The number of rotatable bonds is 10. The van der Waals surface area contributed by atoms with E-state index in [1.807, 2.05) is 54.6 Å². The molecule has 152 valence electrons. The second-order valence-corrected chi connectivity index (χ2v) is 7.26. The highest BCUT2D eigenvalue weighted by atomic mass is 35.5. The largest absolute Gasteiger partial charge is 0.497 e. The Balaban J connectivity index is 1.81. The van der Waals surface area contributed by atoms with Crippen LogP contribution in [0.1, 0.15) is 37.1 Å². The lowest BCUT2D eigenvalue weighted by Gasteiger charge is -2.11. The van der Waals surface area contributed by atoms with Crippen molar-refractivity contribution in [3.63, 3.8) is 0 Å². The Morgan fingerprint density at radius 3 is 2.55 bits per heavy atom. The second-order valence-electron chi connectivity index (χ2n) is 6.83. The normalized spacial score (nSPS) is 11.3. The summed E-state index contributed by atoms with van der Waals surface area (Å²) in [5.41, 5.74) is 7.48. The molecule has 29 heavy (non-hydrogen) atoms. The van der Waals surface area contributed by atoms with Gasteiger partial charge in [0.15, 0.2) is 5.82 Å². The number of anilines is 1. The van der Waals surface area contributed by atoms with Crippen LogP contribution in [-0.4, -0.2) is 30.2 Å². The first kappa shape index (κ1) is 21.1. The van der Waals surface area contributed by atoms with E-state index in [0.717, 1.165) is 71.8 Å². The van der Waals surface area contributed by atoms with Crippen molar-refractivity contribution in [1.29, 1.82) is 0 Å². The van der Waals surface area contributed by atoms with E-state index in [9.17, 15) is 0 Å². The first-order chi connectivity index (χ1) is 14.2. The Morgan fingerprint density at radius 2 is 1.79 bits per heavy atom. The van der Waals surface area contributed by atoms with Crippen LogP contribution < -0.4 is 15.8 Å².